The largest absolute Gasteiger partial charge is 0.350 e. The van der Waals surface area contributed by atoms with Gasteiger partial charge in [-0.25, -0.2) is 0 Å². The third-order valence-electron chi connectivity index (χ3n) is 4.79. The van der Waals surface area contributed by atoms with Crippen LogP contribution in [0, 0.1) is 12.3 Å². The number of rotatable bonds is 5. The number of carbonyl (C=O) groups excluding carboxylic acids is 2. The van der Waals surface area contributed by atoms with E-state index in [1.54, 1.807) is 0 Å². The molecule has 0 atom stereocenters. The summed E-state index contributed by atoms with van der Waals surface area (Å²) in [5, 5.41) is 5.96. The van der Waals surface area contributed by atoms with Crippen molar-refractivity contribution in [1.29, 1.82) is 0 Å². The van der Waals surface area contributed by atoms with Crippen molar-refractivity contribution in [3.8, 4) is 0 Å². The van der Waals surface area contributed by atoms with E-state index in [2.05, 4.69) is 20.4 Å². The van der Waals surface area contributed by atoms with Gasteiger partial charge in [-0.15, -0.1) is 0 Å². The minimum absolute atomic E-state index is 0.0335. The van der Waals surface area contributed by atoms with E-state index in [4.69, 9.17) is 0 Å². The number of anilines is 1. The lowest BCUT2D eigenvalue weighted by molar-refractivity contribution is -0.141. The van der Waals surface area contributed by atoms with Gasteiger partial charge in [0.25, 0.3) is 0 Å². The van der Waals surface area contributed by atoms with Gasteiger partial charge in [0.2, 0.25) is 11.8 Å². The molecule has 2 heterocycles. The molecule has 2 saturated heterocycles. The fourth-order valence-corrected chi connectivity index (χ4v) is 4.02. The number of benzene rings is 1. The zero-order chi connectivity index (χ0) is 20.9. The third kappa shape index (κ3) is 6.31. The first-order valence-electron chi connectivity index (χ1n) is 10.2. The smallest absolute Gasteiger partial charge is 0.238 e. The summed E-state index contributed by atoms with van der Waals surface area (Å²) in [6, 6.07) is 7.85. The number of carbonyl (C=O) groups is 2. The van der Waals surface area contributed by atoms with E-state index in [0.29, 0.717) is 13.1 Å². The van der Waals surface area contributed by atoms with E-state index in [9.17, 15) is 9.59 Å². The molecule has 156 valence electrons. The standard InChI is InChI=1S/C20H30N4O2.C2H6/c1-15-6-5-7-16(8-15)21-17(25)9-23-11-20(12-23)13-24(14-20)10-18(26)22-19(2,3)4;1-2/h5-8H,9-14H2,1-4H3,(H,21,25)(H,22,26);1-2H3. The van der Waals surface area contributed by atoms with Crippen molar-refractivity contribution in [3.05, 3.63) is 29.8 Å². The van der Waals surface area contributed by atoms with Crippen LogP contribution < -0.4 is 10.6 Å². The summed E-state index contributed by atoms with van der Waals surface area (Å²) >= 11 is 0. The number of hydrogen-bond acceptors (Lipinski definition) is 4. The summed E-state index contributed by atoms with van der Waals surface area (Å²) in [5.41, 5.74) is 2.09. The van der Waals surface area contributed by atoms with Crippen molar-refractivity contribution in [2.45, 2.75) is 47.1 Å². The first-order valence-corrected chi connectivity index (χ1v) is 10.2. The van der Waals surface area contributed by atoms with E-state index < -0.39 is 0 Å². The molecule has 1 aromatic carbocycles. The second-order valence-corrected chi connectivity index (χ2v) is 9.01. The maximum atomic E-state index is 12.2. The highest BCUT2D eigenvalue weighted by molar-refractivity contribution is 5.92. The molecular formula is C22H36N4O2. The van der Waals surface area contributed by atoms with Crippen molar-refractivity contribution in [1.82, 2.24) is 15.1 Å². The van der Waals surface area contributed by atoms with Crippen molar-refractivity contribution in [3.63, 3.8) is 0 Å². The van der Waals surface area contributed by atoms with Gasteiger partial charge in [0, 0.05) is 42.8 Å². The molecule has 6 nitrogen and oxygen atoms in total. The van der Waals surface area contributed by atoms with Gasteiger partial charge in [-0.05, 0) is 45.4 Å². The van der Waals surface area contributed by atoms with Crippen molar-refractivity contribution in [2.75, 3.05) is 44.6 Å². The van der Waals surface area contributed by atoms with E-state index in [0.717, 1.165) is 37.4 Å². The molecule has 0 aromatic heterocycles. The molecule has 28 heavy (non-hydrogen) atoms. The Morgan fingerprint density at radius 1 is 1.00 bits per heavy atom. The molecule has 2 fully saturated rings. The van der Waals surface area contributed by atoms with E-state index in [-0.39, 0.29) is 22.8 Å². The molecule has 1 aromatic rings. The summed E-state index contributed by atoms with van der Waals surface area (Å²) in [6.45, 7) is 16.7. The Hall–Kier alpha value is -1.92. The number of likely N-dealkylation sites (tertiary alicyclic amines) is 2. The number of aryl methyl sites for hydroxylation is 1. The van der Waals surface area contributed by atoms with Crippen LogP contribution in [-0.4, -0.2) is 66.4 Å². The fraction of sp³-hybridized carbons (Fsp3) is 0.636. The van der Waals surface area contributed by atoms with Crippen molar-refractivity contribution < 1.29 is 9.59 Å². The average Bonchev–Trinajstić information content (AvgIpc) is 2.51. The zero-order valence-corrected chi connectivity index (χ0v) is 18.3. The lowest BCUT2D eigenvalue weighted by Gasteiger charge is -2.60. The molecule has 2 amide bonds. The minimum atomic E-state index is -0.183. The molecule has 2 N–H and O–H groups in total. The molecule has 6 heteroatoms. The van der Waals surface area contributed by atoms with Crippen LogP contribution >= 0.6 is 0 Å². The lowest BCUT2D eigenvalue weighted by Crippen LogP contribution is -2.73. The predicted octanol–water partition coefficient (Wildman–Crippen LogP) is 2.49. The molecule has 2 aliphatic rings. The SMILES string of the molecule is CC.Cc1cccc(NC(=O)CN2CC3(C2)CN(CC(=O)NC(C)(C)C)C3)c1. The van der Waals surface area contributed by atoms with Crippen LogP contribution in [-0.2, 0) is 9.59 Å². The van der Waals surface area contributed by atoms with Gasteiger partial charge in [-0.3, -0.25) is 19.4 Å². The third-order valence-corrected chi connectivity index (χ3v) is 4.79. The van der Waals surface area contributed by atoms with Crippen molar-refractivity contribution >= 4 is 17.5 Å². The number of nitrogens with one attached hydrogen (secondary N) is 2. The molecule has 0 aliphatic carbocycles. The summed E-state index contributed by atoms with van der Waals surface area (Å²) in [6.07, 6.45) is 0. The molecule has 3 rings (SSSR count). The Kier molecular flexibility index (Phi) is 7.23. The second-order valence-electron chi connectivity index (χ2n) is 9.01. The van der Waals surface area contributed by atoms with Crippen molar-refractivity contribution in [2.24, 2.45) is 5.41 Å². The van der Waals surface area contributed by atoms with Gasteiger partial charge in [0.15, 0.2) is 0 Å². The molecule has 0 radical (unpaired) electrons. The van der Waals surface area contributed by atoms with Crippen LogP contribution in [0.2, 0.25) is 0 Å². The maximum Gasteiger partial charge on any atom is 0.238 e. The Balaban J connectivity index is 0.00000136. The number of nitrogens with zero attached hydrogens (tertiary/aromatic N) is 2. The van der Waals surface area contributed by atoms with Crippen LogP contribution in [0.3, 0.4) is 0 Å². The molecule has 0 bridgehead atoms. The predicted molar refractivity (Wildman–Crippen MR) is 114 cm³/mol. The molecule has 1 spiro atoms. The highest BCUT2D eigenvalue weighted by Crippen LogP contribution is 2.39. The fourth-order valence-electron chi connectivity index (χ4n) is 4.02. The van der Waals surface area contributed by atoms with Gasteiger partial charge in [0.05, 0.1) is 13.1 Å². The van der Waals surface area contributed by atoms with Crippen LogP contribution in [0.4, 0.5) is 5.69 Å². The Morgan fingerprint density at radius 3 is 2.04 bits per heavy atom. The lowest BCUT2D eigenvalue weighted by atomic mass is 9.73. The van der Waals surface area contributed by atoms with E-state index in [1.165, 1.54) is 0 Å². The molecular weight excluding hydrogens is 352 g/mol. The summed E-state index contributed by atoms with van der Waals surface area (Å²) in [4.78, 5) is 28.5. The van der Waals surface area contributed by atoms with Crippen LogP contribution in [0.5, 0.6) is 0 Å². The Bertz CT molecular complexity index is 682. The average molecular weight is 389 g/mol. The van der Waals surface area contributed by atoms with E-state index in [1.807, 2.05) is 65.8 Å². The minimum Gasteiger partial charge on any atom is -0.350 e. The number of amides is 2. The van der Waals surface area contributed by atoms with Gasteiger partial charge < -0.3 is 10.6 Å². The second kappa shape index (κ2) is 9.05. The summed E-state index contributed by atoms with van der Waals surface area (Å²) in [5.74, 6) is 0.118. The van der Waals surface area contributed by atoms with Gasteiger partial charge in [-0.1, -0.05) is 26.0 Å². The van der Waals surface area contributed by atoms with Crippen LogP contribution in [0.1, 0.15) is 40.2 Å². The summed E-state index contributed by atoms with van der Waals surface area (Å²) < 4.78 is 0. The topological polar surface area (TPSA) is 64.7 Å². The Labute approximate surface area is 169 Å². The molecule has 0 saturated carbocycles. The van der Waals surface area contributed by atoms with Gasteiger partial charge in [-0.2, -0.15) is 0 Å². The normalized spacial score (nSPS) is 18.4. The summed E-state index contributed by atoms with van der Waals surface area (Å²) in [7, 11) is 0. The van der Waals surface area contributed by atoms with E-state index >= 15 is 0 Å². The Morgan fingerprint density at radius 2 is 1.54 bits per heavy atom. The zero-order valence-electron chi connectivity index (χ0n) is 18.3. The highest BCUT2D eigenvalue weighted by Gasteiger charge is 2.51. The highest BCUT2D eigenvalue weighted by atomic mass is 16.2. The molecule has 0 unspecified atom stereocenters. The monoisotopic (exact) mass is 388 g/mol. The number of hydrogen-bond donors (Lipinski definition) is 2. The van der Waals surface area contributed by atoms with Crippen LogP contribution in [0.25, 0.3) is 0 Å². The molecule has 2 aliphatic heterocycles. The maximum absolute atomic E-state index is 12.2. The first-order chi connectivity index (χ1) is 13.1. The first kappa shape index (κ1) is 22.4. The quantitative estimate of drug-likeness (QED) is 0.813. The van der Waals surface area contributed by atoms with Crippen LogP contribution in [0.15, 0.2) is 24.3 Å². The van der Waals surface area contributed by atoms with Gasteiger partial charge in [0.1, 0.15) is 0 Å². The van der Waals surface area contributed by atoms with Gasteiger partial charge >= 0.3 is 0 Å².